The molecule has 0 aliphatic carbocycles. The van der Waals surface area contributed by atoms with Crippen LogP contribution in [0.15, 0.2) is 30.3 Å². The van der Waals surface area contributed by atoms with Crippen LogP contribution >= 0.6 is 0 Å². The van der Waals surface area contributed by atoms with Crippen molar-refractivity contribution in [2.75, 3.05) is 6.51 Å². The Morgan fingerprint density at radius 1 is 1.21 bits per heavy atom. The van der Waals surface area contributed by atoms with Crippen molar-refractivity contribution in [1.82, 2.24) is 0 Å². The minimum Gasteiger partial charge on any atom is -0.447 e. The molecular formula is C9H11BF3O-. The van der Waals surface area contributed by atoms with Crippen molar-refractivity contribution >= 4 is 6.98 Å². The van der Waals surface area contributed by atoms with E-state index in [0.29, 0.717) is 0 Å². The quantitative estimate of drug-likeness (QED) is 0.683. The summed E-state index contributed by atoms with van der Waals surface area (Å²) in [6.07, 6.45) is -0.514. The lowest BCUT2D eigenvalue weighted by Crippen LogP contribution is -2.24. The van der Waals surface area contributed by atoms with E-state index in [1.165, 1.54) is 0 Å². The molecule has 0 aliphatic heterocycles. The van der Waals surface area contributed by atoms with Crippen LogP contribution in [0.5, 0.6) is 0 Å². The predicted molar refractivity (Wildman–Crippen MR) is 49.9 cm³/mol. The Morgan fingerprint density at radius 3 is 2.29 bits per heavy atom. The SMILES string of the molecule is CC(OC[B-](F)(F)F)c1ccccc1. The highest BCUT2D eigenvalue weighted by Crippen LogP contribution is 2.18. The maximum Gasteiger partial charge on any atom is 0.503 e. The number of hydrogen-bond donors (Lipinski definition) is 0. The maximum absolute atomic E-state index is 11.9. The van der Waals surface area contributed by atoms with E-state index in [2.05, 4.69) is 0 Å². The van der Waals surface area contributed by atoms with Crippen molar-refractivity contribution in [2.24, 2.45) is 0 Å². The number of hydrogen-bond acceptors (Lipinski definition) is 1. The summed E-state index contributed by atoms with van der Waals surface area (Å²) in [4.78, 5) is 0. The average Bonchev–Trinajstić information content (AvgIpc) is 2.14. The van der Waals surface area contributed by atoms with Crippen molar-refractivity contribution in [2.45, 2.75) is 13.0 Å². The second-order valence-electron chi connectivity index (χ2n) is 3.10. The molecule has 1 aromatic carbocycles. The smallest absolute Gasteiger partial charge is 0.447 e. The fraction of sp³-hybridized carbons (Fsp3) is 0.333. The van der Waals surface area contributed by atoms with Crippen molar-refractivity contribution < 1.29 is 17.7 Å². The molecule has 0 saturated carbocycles. The lowest BCUT2D eigenvalue weighted by Gasteiger charge is -2.19. The molecule has 0 aliphatic rings. The first-order chi connectivity index (χ1) is 6.49. The Bertz CT molecular complexity index is 273. The third-order valence-electron chi connectivity index (χ3n) is 1.80. The van der Waals surface area contributed by atoms with Crippen molar-refractivity contribution in [3.8, 4) is 0 Å². The zero-order valence-corrected chi connectivity index (χ0v) is 7.79. The lowest BCUT2D eigenvalue weighted by molar-refractivity contribution is 0.0820. The summed E-state index contributed by atoms with van der Waals surface area (Å²) >= 11 is 0. The van der Waals surface area contributed by atoms with Gasteiger partial charge in [0.05, 0.1) is 6.10 Å². The summed E-state index contributed by atoms with van der Waals surface area (Å²) < 4.78 is 40.3. The molecule has 1 unspecified atom stereocenters. The van der Waals surface area contributed by atoms with Gasteiger partial charge in [-0.3, -0.25) is 0 Å². The third kappa shape index (κ3) is 3.83. The first kappa shape index (κ1) is 11.1. The van der Waals surface area contributed by atoms with E-state index in [9.17, 15) is 12.9 Å². The fourth-order valence-electron chi connectivity index (χ4n) is 1.07. The van der Waals surface area contributed by atoms with Crippen LogP contribution in [-0.4, -0.2) is 13.5 Å². The van der Waals surface area contributed by atoms with Crippen LogP contribution in [0.2, 0.25) is 0 Å². The van der Waals surface area contributed by atoms with Crippen molar-refractivity contribution in [3.63, 3.8) is 0 Å². The van der Waals surface area contributed by atoms with Gasteiger partial charge in [0.2, 0.25) is 0 Å². The zero-order chi connectivity index (χ0) is 10.6. The molecule has 1 rings (SSSR count). The van der Waals surface area contributed by atoms with Crippen LogP contribution in [-0.2, 0) is 4.74 Å². The fourth-order valence-corrected chi connectivity index (χ4v) is 1.07. The Hall–Kier alpha value is -0.965. The van der Waals surface area contributed by atoms with Gasteiger partial charge in [-0.1, -0.05) is 30.3 Å². The summed E-state index contributed by atoms with van der Waals surface area (Å²) in [5.74, 6) is 0. The van der Waals surface area contributed by atoms with E-state index in [0.717, 1.165) is 5.56 Å². The number of halogens is 3. The molecule has 0 aromatic heterocycles. The average molecular weight is 203 g/mol. The molecular weight excluding hydrogens is 192 g/mol. The monoisotopic (exact) mass is 203 g/mol. The molecule has 0 spiro atoms. The molecule has 0 N–H and O–H groups in total. The van der Waals surface area contributed by atoms with Crippen LogP contribution < -0.4 is 0 Å². The molecule has 14 heavy (non-hydrogen) atoms. The van der Waals surface area contributed by atoms with E-state index >= 15 is 0 Å². The maximum atomic E-state index is 11.9. The molecule has 0 saturated heterocycles. The van der Waals surface area contributed by atoms with Gasteiger partial charge in [-0.15, -0.1) is 0 Å². The highest BCUT2D eigenvalue weighted by molar-refractivity contribution is 6.58. The van der Waals surface area contributed by atoms with Gasteiger partial charge in [-0.25, -0.2) is 0 Å². The molecule has 0 radical (unpaired) electrons. The third-order valence-corrected chi connectivity index (χ3v) is 1.80. The van der Waals surface area contributed by atoms with Crippen molar-refractivity contribution in [3.05, 3.63) is 35.9 Å². The molecule has 1 aromatic rings. The van der Waals surface area contributed by atoms with E-state index in [4.69, 9.17) is 4.74 Å². The van der Waals surface area contributed by atoms with Gasteiger partial charge >= 0.3 is 6.98 Å². The first-order valence-electron chi connectivity index (χ1n) is 4.36. The molecule has 0 heterocycles. The van der Waals surface area contributed by atoms with Crippen LogP contribution in [0.1, 0.15) is 18.6 Å². The Kier molecular flexibility index (Phi) is 3.58. The molecule has 1 atom stereocenters. The van der Waals surface area contributed by atoms with Gasteiger partial charge in [0.25, 0.3) is 0 Å². The zero-order valence-electron chi connectivity index (χ0n) is 7.79. The first-order valence-corrected chi connectivity index (χ1v) is 4.36. The Labute approximate surface area is 80.9 Å². The minimum absolute atomic E-state index is 0.514. The van der Waals surface area contributed by atoms with Crippen molar-refractivity contribution in [1.29, 1.82) is 0 Å². The van der Waals surface area contributed by atoms with E-state index in [-0.39, 0.29) is 0 Å². The second-order valence-corrected chi connectivity index (χ2v) is 3.10. The summed E-state index contributed by atoms with van der Waals surface area (Å²) in [6, 6.07) is 8.84. The standard InChI is InChI=1S/C9H11BF3O/c1-8(14-7-10(11,12)13)9-5-3-2-4-6-9/h2-6,8H,7H2,1H3/q-1. The van der Waals surface area contributed by atoms with Crippen LogP contribution in [0.3, 0.4) is 0 Å². The van der Waals surface area contributed by atoms with E-state index < -0.39 is 19.6 Å². The van der Waals surface area contributed by atoms with Gasteiger partial charge in [0.1, 0.15) is 0 Å². The van der Waals surface area contributed by atoms with E-state index in [1.54, 1.807) is 31.2 Å². The Balaban J connectivity index is 2.48. The summed E-state index contributed by atoms with van der Waals surface area (Å²) in [6.45, 7) is -4.39. The molecule has 1 nitrogen and oxygen atoms in total. The van der Waals surface area contributed by atoms with Crippen LogP contribution in [0.4, 0.5) is 12.9 Å². The molecule has 0 bridgehead atoms. The Morgan fingerprint density at radius 2 is 1.79 bits per heavy atom. The van der Waals surface area contributed by atoms with Gasteiger partial charge in [0.15, 0.2) is 0 Å². The highest BCUT2D eigenvalue weighted by atomic mass is 19.4. The normalized spacial score (nSPS) is 14.0. The summed E-state index contributed by atoms with van der Waals surface area (Å²) in [5.41, 5.74) is 0.757. The minimum atomic E-state index is -4.85. The topological polar surface area (TPSA) is 9.23 Å². The second kappa shape index (κ2) is 4.51. The van der Waals surface area contributed by atoms with Gasteiger partial charge in [-0.2, -0.15) is 0 Å². The summed E-state index contributed by atoms with van der Waals surface area (Å²) in [5, 5.41) is 0. The van der Waals surface area contributed by atoms with E-state index in [1.807, 2.05) is 6.07 Å². The number of ether oxygens (including phenoxy) is 1. The number of rotatable bonds is 4. The summed E-state index contributed by atoms with van der Waals surface area (Å²) in [7, 11) is 0. The molecule has 78 valence electrons. The lowest BCUT2D eigenvalue weighted by atomic mass is 9.94. The largest absolute Gasteiger partial charge is 0.503 e. The van der Waals surface area contributed by atoms with Gasteiger partial charge in [0, 0.05) is 6.51 Å². The van der Waals surface area contributed by atoms with Gasteiger partial charge in [-0.05, 0) is 12.5 Å². The molecule has 0 amide bonds. The van der Waals surface area contributed by atoms with Gasteiger partial charge < -0.3 is 17.7 Å². The van der Waals surface area contributed by atoms with Crippen LogP contribution in [0, 0.1) is 0 Å². The number of benzene rings is 1. The molecule has 0 fully saturated rings. The predicted octanol–water partition coefficient (Wildman–Crippen LogP) is 3.15. The molecule has 5 heteroatoms. The highest BCUT2D eigenvalue weighted by Gasteiger charge is 2.24. The van der Waals surface area contributed by atoms with Crippen LogP contribution in [0.25, 0.3) is 0 Å².